The number of ether oxygens (including phenoxy) is 1. The van der Waals surface area contributed by atoms with Crippen molar-refractivity contribution in [3.05, 3.63) is 62.6 Å². The molecule has 0 aliphatic rings. The van der Waals surface area contributed by atoms with Gasteiger partial charge in [-0.3, -0.25) is 10.1 Å². The van der Waals surface area contributed by atoms with Crippen molar-refractivity contribution in [3.63, 3.8) is 0 Å². The predicted molar refractivity (Wildman–Crippen MR) is 77.9 cm³/mol. The summed E-state index contributed by atoms with van der Waals surface area (Å²) in [5.41, 5.74) is 0.725. The van der Waals surface area contributed by atoms with Crippen molar-refractivity contribution < 1.29 is 14.8 Å². The predicted octanol–water partition coefficient (Wildman–Crippen LogP) is 4.20. The summed E-state index contributed by atoms with van der Waals surface area (Å²) >= 11 is 3.35. The zero-order chi connectivity index (χ0) is 14.7. The molecule has 1 N–H and O–H groups in total. The lowest BCUT2D eigenvalue weighted by Crippen LogP contribution is -1.93. The van der Waals surface area contributed by atoms with Gasteiger partial charge in [-0.05, 0) is 46.6 Å². The molecule has 2 rings (SSSR count). The van der Waals surface area contributed by atoms with Gasteiger partial charge >= 0.3 is 0 Å². The standard InChI is InChI=1S/C14H12BrNO4/c1-9(17)10-5-6-14(13(15)7-10)20-12-4-2-3-11(8-12)16(18)19/h2-9,17H,1H3/t9-/m1/s1. The Morgan fingerprint density at radius 3 is 2.65 bits per heavy atom. The normalized spacial score (nSPS) is 11.9. The monoisotopic (exact) mass is 337 g/mol. The van der Waals surface area contributed by atoms with Gasteiger partial charge in [0.15, 0.2) is 0 Å². The third-order valence-electron chi connectivity index (χ3n) is 2.69. The minimum atomic E-state index is -0.571. The lowest BCUT2D eigenvalue weighted by molar-refractivity contribution is -0.384. The van der Waals surface area contributed by atoms with E-state index in [1.807, 2.05) is 0 Å². The van der Waals surface area contributed by atoms with E-state index in [0.717, 1.165) is 5.56 Å². The van der Waals surface area contributed by atoms with Gasteiger partial charge in [0.2, 0.25) is 0 Å². The summed E-state index contributed by atoms with van der Waals surface area (Å²) in [6, 6.07) is 11.1. The van der Waals surface area contributed by atoms with Gasteiger partial charge in [-0.1, -0.05) is 12.1 Å². The molecule has 0 aliphatic heterocycles. The van der Waals surface area contributed by atoms with Crippen LogP contribution in [0, 0.1) is 10.1 Å². The lowest BCUT2D eigenvalue weighted by atomic mass is 10.1. The second kappa shape index (κ2) is 6.02. The van der Waals surface area contributed by atoms with Gasteiger partial charge in [-0.15, -0.1) is 0 Å². The zero-order valence-electron chi connectivity index (χ0n) is 10.6. The molecule has 0 saturated carbocycles. The number of hydrogen-bond acceptors (Lipinski definition) is 4. The molecule has 5 nitrogen and oxygen atoms in total. The number of benzene rings is 2. The van der Waals surface area contributed by atoms with Crippen molar-refractivity contribution in [2.75, 3.05) is 0 Å². The molecule has 0 saturated heterocycles. The smallest absolute Gasteiger partial charge is 0.273 e. The van der Waals surface area contributed by atoms with Crippen LogP contribution in [0.15, 0.2) is 46.9 Å². The van der Waals surface area contributed by atoms with Gasteiger partial charge in [-0.25, -0.2) is 0 Å². The molecule has 0 aliphatic carbocycles. The lowest BCUT2D eigenvalue weighted by Gasteiger charge is -2.10. The van der Waals surface area contributed by atoms with E-state index in [1.165, 1.54) is 12.1 Å². The fourth-order valence-corrected chi connectivity index (χ4v) is 2.12. The van der Waals surface area contributed by atoms with E-state index in [-0.39, 0.29) is 5.69 Å². The first-order chi connectivity index (χ1) is 9.47. The molecule has 0 fully saturated rings. The number of halogens is 1. The maximum atomic E-state index is 10.7. The fraction of sp³-hybridized carbons (Fsp3) is 0.143. The second-order valence-corrected chi connectivity index (χ2v) is 5.08. The van der Waals surface area contributed by atoms with Crippen LogP contribution in [0.4, 0.5) is 5.69 Å². The maximum Gasteiger partial charge on any atom is 0.273 e. The van der Waals surface area contributed by atoms with Gasteiger partial charge in [-0.2, -0.15) is 0 Å². The van der Waals surface area contributed by atoms with E-state index in [1.54, 1.807) is 37.3 Å². The Kier molecular flexibility index (Phi) is 4.36. The van der Waals surface area contributed by atoms with Gasteiger partial charge in [0.25, 0.3) is 5.69 Å². The molecule has 0 aromatic heterocycles. The minimum Gasteiger partial charge on any atom is -0.456 e. The van der Waals surface area contributed by atoms with Gasteiger partial charge in [0.1, 0.15) is 11.5 Å². The van der Waals surface area contributed by atoms with Crippen LogP contribution in [-0.4, -0.2) is 10.0 Å². The highest BCUT2D eigenvalue weighted by Gasteiger charge is 2.10. The third-order valence-corrected chi connectivity index (χ3v) is 3.31. The number of hydrogen-bond donors (Lipinski definition) is 1. The molecular weight excluding hydrogens is 326 g/mol. The van der Waals surface area contributed by atoms with E-state index < -0.39 is 11.0 Å². The molecule has 0 heterocycles. The fourth-order valence-electron chi connectivity index (χ4n) is 1.65. The number of nitro groups is 1. The van der Waals surface area contributed by atoms with E-state index in [0.29, 0.717) is 16.0 Å². The van der Waals surface area contributed by atoms with Crippen LogP contribution in [0.5, 0.6) is 11.5 Å². The Balaban J connectivity index is 2.26. The van der Waals surface area contributed by atoms with Crippen molar-refractivity contribution in [1.82, 2.24) is 0 Å². The average molecular weight is 338 g/mol. The first-order valence-corrected chi connectivity index (χ1v) is 6.66. The Morgan fingerprint density at radius 1 is 1.30 bits per heavy atom. The first-order valence-electron chi connectivity index (χ1n) is 5.87. The van der Waals surface area contributed by atoms with Crippen molar-refractivity contribution >= 4 is 21.6 Å². The zero-order valence-corrected chi connectivity index (χ0v) is 12.2. The van der Waals surface area contributed by atoms with Crippen molar-refractivity contribution in [2.45, 2.75) is 13.0 Å². The van der Waals surface area contributed by atoms with Crippen LogP contribution in [0.25, 0.3) is 0 Å². The summed E-state index contributed by atoms with van der Waals surface area (Å²) in [5.74, 6) is 0.902. The first kappa shape index (κ1) is 14.5. The van der Waals surface area contributed by atoms with Crippen LogP contribution >= 0.6 is 15.9 Å². The largest absolute Gasteiger partial charge is 0.456 e. The molecule has 0 radical (unpaired) electrons. The molecule has 20 heavy (non-hydrogen) atoms. The van der Waals surface area contributed by atoms with Gasteiger partial charge < -0.3 is 9.84 Å². The number of non-ortho nitro benzene ring substituents is 1. The highest BCUT2D eigenvalue weighted by molar-refractivity contribution is 9.10. The number of nitrogens with zero attached hydrogens (tertiary/aromatic N) is 1. The van der Waals surface area contributed by atoms with Crippen LogP contribution in [-0.2, 0) is 0 Å². The highest BCUT2D eigenvalue weighted by Crippen LogP contribution is 2.33. The highest BCUT2D eigenvalue weighted by atomic mass is 79.9. The van der Waals surface area contributed by atoms with Gasteiger partial charge in [0.05, 0.1) is 21.6 Å². The van der Waals surface area contributed by atoms with Crippen LogP contribution < -0.4 is 4.74 Å². The number of rotatable bonds is 4. The van der Waals surface area contributed by atoms with E-state index >= 15 is 0 Å². The summed E-state index contributed by atoms with van der Waals surface area (Å²) in [4.78, 5) is 10.2. The number of aliphatic hydroxyl groups is 1. The average Bonchev–Trinajstić information content (AvgIpc) is 2.41. The third kappa shape index (κ3) is 3.34. The molecule has 2 aromatic rings. The summed E-state index contributed by atoms with van der Waals surface area (Å²) in [5, 5.41) is 20.2. The van der Waals surface area contributed by atoms with Gasteiger partial charge in [0, 0.05) is 6.07 Å². The minimum absolute atomic E-state index is 0.0285. The molecule has 0 bridgehead atoms. The Hall–Kier alpha value is -1.92. The molecule has 2 aromatic carbocycles. The molecule has 104 valence electrons. The summed E-state index contributed by atoms with van der Waals surface area (Å²) in [7, 11) is 0. The quantitative estimate of drug-likeness (QED) is 0.670. The number of nitro benzene ring substituents is 1. The van der Waals surface area contributed by atoms with E-state index in [2.05, 4.69) is 15.9 Å². The van der Waals surface area contributed by atoms with E-state index in [4.69, 9.17) is 4.74 Å². The Bertz CT molecular complexity index is 643. The topological polar surface area (TPSA) is 72.6 Å². The Morgan fingerprint density at radius 2 is 2.05 bits per heavy atom. The summed E-state index contributed by atoms with van der Waals surface area (Å²) in [6.07, 6.45) is -0.571. The van der Waals surface area contributed by atoms with E-state index in [9.17, 15) is 15.2 Å². The molecule has 1 atom stereocenters. The molecule has 0 spiro atoms. The summed E-state index contributed by atoms with van der Waals surface area (Å²) < 4.78 is 6.27. The number of aliphatic hydroxyl groups excluding tert-OH is 1. The van der Waals surface area contributed by atoms with Crippen molar-refractivity contribution in [3.8, 4) is 11.5 Å². The van der Waals surface area contributed by atoms with Crippen LogP contribution in [0.1, 0.15) is 18.6 Å². The van der Waals surface area contributed by atoms with Crippen molar-refractivity contribution in [1.29, 1.82) is 0 Å². The van der Waals surface area contributed by atoms with Crippen LogP contribution in [0.2, 0.25) is 0 Å². The Labute approximate surface area is 124 Å². The molecule has 0 amide bonds. The molecule has 6 heteroatoms. The second-order valence-electron chi connectivity index (χ2n) is 4.22. The molecule has 0 unspecified atom stereocenters. The van der Waals surface area contributed by atoms with Crippen LogP contribution in [0.3, 0.4) is 0 Å². The SMILES string of the molecule is C[C@@H](O)c1ccc(Oc2cccc([N+](=O)[O-])c2)c(Br)c1. The summed E-state index contributed by atoms with van der Waals surface area (Å²) in [6.45, 7) is 1.67. The van der Waals surface area contributed by atoms with Crippen molar-refractivity contribution in [2.24, 2.45) is 0 Å². The molecular formula is C14H12BrNO4. The maximum absolute atomic E-state index is 10.7.